The molecule has 0 saturated heterocycles. The molecule has 3 aromatic rings. The number of hydrogen-bond acceptors (Lipinski definition) is 5. The number of carbonyl (C=O) groups excluding carboxylic acids is 1. The first-order valence-corrected chi connectivity index (χ1v) is 10.7. The Morgan fingerprint density at radius 3 is 2.27 bits per heavy atom. The lowest BCUT2D eigenvalue weighted by atomic mass is 10.0. The van der Waals surface area contributed by atoms with Gasteiger partial charge in [0.1, 0.15) is 6.10 Å². The minimum atomic E-state index is -4.12. The van der Waals surface area contributed by atoms with Crippen LogP contribution < -0.4 is 4.72 Å². The van der Waals surface area contributed by atoms with Gasteiger partial charge in [-0.3, -0.25) is 4.79 Å². The molecular formula is C22H21NO6S. The van der Waals surface area contributed by atoms with E-state index in [2.05, 4.69) is 4.72 Å². The summed E-state index contributed by atoms with van der Waals surface area (Å²) in [4.78, 5) is 24.3. The van der Waals surface area contributed by atoms with E-state index in [4.69, 9.17) is 4.74 Å². The third kappa shape index (κ3) is 4.67. The zero-order valence-electron chi connectivity index (χ0n) is 16.4. The van der Waals surface area contributed by atoms with Crippen molar-refractivity contribution in [3.8, 4) is 0 Å². The van der Waals surface area contributed by atoms with E-state index < -0.39 is 34.1 Å². The number of sulfonamides is 1. The third-order valence-corrected chi connectivity index (χ3v) is 6.11. The van der Waals surface area contributed by atoms with Crippen molar-refractivity contribution in [1.29, 1.82) is 0 Å². The maximum Gasteiger partial charge on any atom is 0.339 e. The van der Waals surface area contributed by atoms with E-state index in [0.717, 1.165) is 10.9 Å². The highest BCUT2D eigenvalue weighted by Gasteiger charge is 2.33. The average molecular weight is 427 g/mol. The van der Waals surface area contributed by atoms with Crippen molar-refractivity contribution in [3.63, 3.8) is 0 Å². The summed E-state index contributed by atoms with van der Waals surface area (Å²) in [5.74, 6) is -2.19. The number of nitrogens with one attached hydrogen (secondary N) is 1. The Kier molecular flexibility index (Phi) is 6.19. The van der Waals surface area contributed by atoms with E-state index in [9.17, 15) is 23.1 Å². The molecule has 0 aliphatic carbocycles. The number of benzene rings is 3. The van der Waals surface area contributed by atoms with Crippen LogP contribution in [0.2, 0.25) is 0 Å². The van der Waals surface area contributed by atoms with E-state index >= 15 is 0 Å². The molecule has 0 radical (unpaired) electrons. The van der Waals surface area contributed by atoms with Gasteiger partial charge in [0.15, 0.2) is 6.04 Å². The van der Waals surface area contributed by atoms with Crippen molar-refractivity contribution in [2.24, 2.45) is 0 Å². The molecule has 0 bridgehead atoms. The topological polar surface area (TPSA) is 110 Å². The summed E-state index contributed by atoms with van der Waals surface area (Å²) in [5, 5.41) is 11.0. The molecule has 156 valence electrons. The predicted octanol–water partition coefficient (Wildman–Crippen LogP) is 3.13. The van der Waals surface area contributed by atoms with Crippen molar-refractivity contribution in [2.45, 2.75) is 30.9 Å². The number of carboxylic acid groups (broad SMARTS) is 1. The lowest BCUT2D eigenvalue weighted by Gasteiger charge is -2.22. The average Bonchev–Trinajstić information content (AvgIpc) is 2.71. The number of carboxylic acids is 1. The molecule has 3 rings (SSSR count). The molecule has 0 spiro atoms. The number of aryl methyl sites for hydroxylation is 1. The van der Waals surface area contributed by atoms with Gasteiger partial charge in [-0.2, -0.15) is 4.72 Å². The molecule has 8 heteroatoms. The molecule has 0 unspecified atom stereocenters. The van der Waals surface area contributed by atoms with Gasteiger partial charge >= 0.3 is 11.9 Å². The second kappa shape index (κ2) is 8.64. The molecule has 0 fully saturated rings. The Morgan fingerprint density at radius 2 is 1.60 bits per heavy atom. The molecule has 2 atom stereocenters. The summed E-state index contributed by atoms with van der Waals surface area (Å²) >= 11 is 0. The number of hydrogen-bond donors (Lipinski definition) is 2. The van der Waals surface area contributed by atoms with Crippen molar-refractivity contribution < 1.29 is 27.9 Å². The highest BCUT2D eigenvalue weighted by Crippen LogP contribution is 2.20. The summed E-state index contributed by atoms with van der Waals surface area (Å²) in [7, 11) is -4.12. The van der Waals surface area contributed by atoms with Crippen LogP contribution in [0.25, 0.3) is 10.8 Å². The fraction of sp³-hybridized carbons (Fsp3) is 0.182. The van der Waals surface area contributed by atoms with Crippen LogP contribution in [-0.2, 0) is 19.6 Å². The van der Waals surface area contributed by atoms with E-state index in [0.29, 0.717) is 5.39 Å². The molecule has 0 saturated carbocycles. The lowest BCUT2D eigenvalue weighted by molar-refractivity contribution is -0.141. The Morgan fingerprint density at radius 1 is 0.967 bits per heavy atom. The number of ether oxygens (including phenoxy) is 1. The Bertz CT molecular complexity index is 1180. The first-order valence-electron chi connectivity index (χ1n) is 9.19. The second-order valence-electron chi connectivity index (χ2n) is 6.89. The van der Waals surface area contributed by atoms with Crippen molar-refractivity contribution >= 4 is 32.7 Å². The normalized spacial score (nSPS) is 13.5. The van der Waals surface area contributed by atoms with Crippen LogP contribution in [0.1, 0.15) is 22.8 Å². The third-order valence-electron chi connectivity index (χ3n) is 4.65. The van der Waals surface area contributed by atoms with Gasteiger partial charge in [0.2, 0.25) is 10.0 Å². The fourth-order valence-corrected chi connectivity index (χ4v) is 4.26. The van der Waals surface area contributed by atoms with Gasteiger partial charge in [-0.25, -0.2) is 13.2 Å². The van der Waals surface area contributed by atoms with Crippen molar-refractivity contribution in [2.75, 3.05) is 0 Å². The standard InChI is InChI=1S/C22H21NO6S/c1-14-10-12-17(13-11-14)30(27,28)23-20(21(24)25)15(2)29-22(26)19-9-5-7-16-6-3-4-8-18(16)19/h3-13,15,20,23H,1-2H3,(H,24,25)/t15-,20-/m0/s1. The summed E-state index contributed by atoms with van der Waals surface area (Å²) in [6.07, 6.45) is -1.26. The van der Waals surface area contributed by atoms with Crippen LogP contribution in [0, 0.1) is 6.92 Å². The zero-order valence-corrected chi connectivity index (χ0v) is 17.2. The maximum absolute atomic E-state index is 12.7. The molecule has 2 N–H and O–H groups in total. The number of rotatable bonds is 7. The quantitative estimate of drug-likeness (QED) is 0.561. The molecule has 3 aromatic carbocycles. The SMILES string of the molecule is Cc1ccc(S(=O)(=O)N[C@H](C(=O)O)[C@H](C)OC(=O)c2cccc3ccccc23)cc1. The van der Waals surface area contributed by atoms with E-state index in [1.54, 1.807) is 43.3 Å². The number of fused-ring (bicyclic) bond motifs is 1. The highest BCUT2D eigenvalue weighted by molar-refractivity contribution is 7.89. The molecule has 0 heterocycles. The predicted molar refractivity (Wildman–Crippen MR) is 112 cm³/mol. The first-order chi connectivity index (χ1) is 14.2. The van der Waals surface area contributed by atoms with Gasteiger partial charge in [-0.15, -0.1) is 0 Å². The highest BCUT2D eigenvalue weighted by atomic mass is 32.2. The van der Waals surface area contributed by atoms with Crippen LogP contribution in [0.5, 0.6) is 0 Å². The molecule has 0 aliphatic heterocycles. The van der Waals surface area contributed by atoms with E-state index in [1.807, 2.05) is 18.2 Å². The van der Waals surface area contributed by atoms with Crippen LogP contribution in [0.3, 0.4) is 0 Å². The minimum absolute atomic E-state index is 0.0769. The maximum atomic E-state index is 12.7. The molecular weight excluding hydrogens is 406 g/mol. The number of esters is 1. The van der Waals surface area contributed by atoms with Gasteiger partial charge < -0.3 is 9.84 Å². The largest absolute Gasteiger partial charge is 0.480 e. The monoisotopic (exact) mass is 427 g/mol. The van der Waals surface area contributed by atoms with Crippen LogP contribution in [0.4, 0.5) is 0 Å². The Hall–Kier alpha value is -3.23. The smallest absolute Gasteiger partial charge is 0.339 e. The van der Waals surface area contributed by atoms with Gasteiger partial charge in [-0.05, 0) is 42.8 Å². The summed E-state index contributed by atoms with van der Waals surface area (Å²) in [6.45, 7) is 3.14. The van der Waals surface area contributed by atoms with Crippen LogP contribution in [0.15, 0.2) is 71.6 Å². The molecule has 0 amide bonds. The Labute approximate surface area is 174 Å². The van der Waals surface area contributed by atoms with E-state index in [1.165, 1.54) is 19.1 Å². The van der Waals surface area contributed by atoms with Crippen LogP contribution >= 0.6 is 0 Å². The van der Waals surface area contributed by atoms with Gasteiger partial charge in [0.05, 0.1) is 10.5 Å². The summed E-state index contributed by atoms with van der Waals surface area (Å²) in [5.41, 5.74) is 1.13. The number of aliphatic carboxylic acids is 1. The van der Waals surface area contributed by atoms with E-state index in [-0.39, 0.29) is 10.5 Å². The van der Waals surface area contributed by atoms with Gasteiger partial charge in [0.25, 0.3) is 0 Å². The van der Waals surface area contributed by atoms with Crippen molar-refractivity contribution in [3.05, 3.63) is 77.9 Å². The minimum Gasteiger partial charge on any atom is -0.480 e. The van der Waals surface area contributed by atoms with Crippen molar-refractivity contribution in [1.82, 2.24) is 4.72 Å². The molecule has 7 nitrogen and oxygen atoms in total. The first kappa shape index (κ1) is 21.5. The zero-order chi connectivity index (χ0) is 21.9. The number of carbonyl (C=O) groups is 2. The second-order valence-corrected chi connectivity index (χ2v) is 8.60. The molecule has 30 heavy (non-hydrogen) atoms. The molecule has 0 aliphatic rings. The van der Waals surface area contributed by atoms with Gasteiger partial charge in [0, 0.05) is 0 Å². The summed E-state index contributed by atoms with van der Waals surface area (Å²) < 4.78 is 32.6. The molecule has 0 aromatic heterocycles. The van der Waals surface area contributed by atoms with Gasteiger partial charge in [-0.1, -0.05) is 54.1 Å². The fourth-order valence-electron chi connectivity index (χ4n) is 3.00. The van der Waals surface area contributed by atoms with Crippen LogP contribution in [-0.4, -0.2) is 37.6 Å². The summed E-state index contributed by atoms with van der Waals surface area (Å²) in [6, 6.07) is 16.6. The lowest BCUT2D eigenvalue weighted by Crippen LogP contribution is -2.49. The Balaban J connectivity index is 1.81.